The molecule has 10 rings (SSSR count). The van der Waals surface area contributed by atoms with Crippen LogP contribution in [-0.4, -0.2) is 109 Å². The molecule has 1 amide bonds. The predicted molar refractivity (Wildman–Crippen MR) is 290 cm³/mol. The van der Waals surface area contributed by atoms with Gasteiger partial charge in [0, 0.05) is 85.5 Å². The number of hydrogen-bond donors (Lipinski definition) is 2. The number of allylic oxidation sites excluding steroid dienone is 6. The van der Waals surface area contributed by atoms with Gasteiger partial charge in [-0.25, -0.2) is 16.8 Å². The van der Waals surface area contributed by atoms with Crippen LogP contribution in [0, 0.1) is 35.0 Å². The van der Waals surface area contributed by atoms with Crippen LogP contribution >= 0.6 is 0 Å². The summed E-state index contributed by atoms with van der Waals surface area (Å²) in [5.74, 6) is 2.88. The first-order chi connectivity index (χ1) is 35.3. The summed E-state index contributed by atoms with van der Waals surface area (Å²) in [6.45, 7) is 23.4. The number of fused-ring (bicyclic) bond motifs is 8. The summed E-state index contributed by atoms with van der Waals surface area (Å²) in [6.07, 6.45) is 19.7. The average Bonchev–Trinajstić information content (AvgIpc) is 4.00. The van der Waals surface area contributed by atoms with Gasteiger partial charge in [0.2, 0.25) is 11.6 Å². The Balaban J connectivity index is 0.00000706. The Kier molecular flexibility index (Phi) is 16.5. The number of rotatable bonds is 14. The van der Waals surface area contributed by atoms with Crippen molar-refractivity contribution in [3.8, 4) is 0 Å². The fraction of sp³-hybridized carbons (Fsp3) is 0.633. The SMILES string of the molecule is CCN1/C(=C/C=C/C2=[N+](CCCCCC(=O)NCCN3CC(C)C[C@@H]4OC5(CCC6C(=C5C)CC5C6CC=C6C[C@H](O)CCC65C)[C@@H](C)C43)c3ccc(S(=O)(=O)[O-])cc3C2(C)C)C(C)(C)c2cc(S(=O)(=O)[O-])ccc21.[K+]. The van der Waals surface area contributed by atoms with E-state index in [1.165, 1.54) is 48.3 Å². The van der Waals surface area contributed by atoms with E-state index in [1.807, 2.05) is 52.8 Å². The van der Waals surface area contributed by atoms with Gasteiger partial charge >= 0.3 is 51.4 Å². The number of ether oxygens (including phenoxy) is 1. The molecule has 8 aliphatic rings. The van der Waals surface area contributed by atoms with Gasteiger partial charge in [-0.3, -0.25) is 9.69 Å². The summed E-state index contributed by atoms with van der Waals surface area (Å²) in [5, 5.41) is 13.8. The van der Waals surface area contributed by atoms with Crippen molar-refractivity contribution in [3.63, 3.8) is 0 Å². The van der Waals surface area contributed by atoms with Crippen LogP contribution in [0.3, 0.4) is 0 Å². The molecule has 2 saturated heterocycles. The number of piperidine rings is 1. The number of carbonyl (C=O) groups is 1. The molecule has 0 aromatic heterocycles. The van der Waals surface area contributed by atoms with Gasteiger partial charge in [0.25, 0.3) is 0 Å². The van der Waals surface area contributed by atoms with Crippen LogP contribution in [0.2, 0.25) is 0 Å². The van der Waals surface area contributed by atoms with Crippen LogP contribution in [0.4, 0.5) is 11.4 Å². The second-order valence-electron chi connectivity index (χ2n) is 25.1. The van der Waals surface area contributed by atoms with E-state index >= 15 is 0 Å². The van der Waals surface area contributed by atoms with Crippen LogP contribution < -0.4 is 61.6 Å². The number of aliphatic hydroxyl groups is 1. The molecule has 4 fully saturated rings. The number of hydrogen-bond acceptors (Lipinski definition) is 11. The van der Waals surface area contributed by atoms with E-state index < -0.39 is 31.1 Å². The predicted octanol–water partition coefficient (Wildman–Crippen LogP) is 6.54. The first kappa shape index (κ1) is 58.3. The fourth-order valence-electron chi connectivity index (χ4n) is 16.3. The minimum atomic E-state index is -4.69. The Hall–Kier alpha value is -2.32. The van der Waals surface area contributed by atoms with E-state index in [9.17, 15) is 35.8 Å². The molecule has 2 aromatic carbocycles. The van der Waals surface area contributed by atoms with Gasteiger partial charge in [0.05, 0.1) is 33.0 Å². The van der Waals surface area contributed by atoms with Crippen molar-refractivity contribution in [2.45, 2.75) is 184 Å². The average molecular weight is 1110 g/mol. The first-order valence-corrected chi connectivity index (χ1v) is 30.9. The Morgan fingerprint density at radius 1 is 0.934 bits per heavy atom. The smallest absolute Gasteiger partial charge is 0.744 e. The van der Waals surface area contributed by atoms with Crippen LogP contribution in [0.1, 0.15) is 150 Å². The molecule has 408 valence electrons. The number of unbranched alkanes of at least 4 members (excludes halogenated alkanes) is 2. The Bertz CT molecular complexity index is 3030. The molecule has 1 spiro atoms. The Morgan fingerprint density at radius 3 is 2.36 bits per heavy atom. The van der Waals surface area contributed by atoms with Gasteiger partial charge in [0.15, 0.2) is 5.71 Å². The third-order valence-corrected chi connectivity index (χ3v) is 21.9. The molecule has 16 heteroatoms. The number of carbonyl (C=O) groups excluding carboxylic acids is 1. The summed E-state index contributed by atoms with van der Waals surface area (Å²) in [5.41, 5.74) is 8.40. The maximum absolute atomic E-state index is 13.4. The Morgan fingerprint density at radius 2 is 1.64 bits per heavy atom. The maximum atomic E-state index is 13.4. The molecule has 13 nitrogen and oxygen atoms in total. The van der Waals surface area contributed by atoms with Crippen LogP contribution in [-0.2, 0) is 40.6 Å². The van der Waals surface area contributed by atoms with Crippen molar-refractivity contribution in [2.75, 3.05) is 37.6 Å². The van der Waals surface area contributed by atoms with Crippen LogP contribution in [0.15, 0.2) is 92.9 Å². The molecule has 2 saturated carbocycles. The van der Waals surface area contributed by atoms with Crippen molar-refractivity contribution >= 4 is 43.2 Å². The normalized spacial score (nSPS) is 33.0. The van der Waals surface area contributed by atoms with Crippen molar-refractivity contribution in [1.82, 2.24) is 10.2 Å². The van der Waals surface area contributed by atoms with Gasteiger partial charge in [0.1, 0.15) is 26.8 Å². The standard InChI is InChI=1S/C60H82N4O9S2.K/c1-10-63-50-22-19-42(74(67,68)69)33-48(50)57(5,6)53(63)15-14-16-54-58(7,8)49-34-43(75(70,71)72)20-23-51(49)64(54)29-13-11-12-17-55(66)61-28-30-62-36-37(2)31-52-56(62)39(4)60(73-52)27-25-44-45-21-18-40-32-41(65)24-26-59(40,9)47(45)35-46(44)38(60)3;/h14-16,18-20,22-23,33-34,37,39,41,44-45,47,52,56,65H,10-13,17,21,24-32,35-36H2,1-9H3,(H2-,61,66,67,68,69,70,71,72);/q;+1/p-1/t37?,39-,41+,44?,45?,47?,52-,56?,59?,60?;/m0./s1. The summed E-state index contributed by atoms with van der Waals surface area (Å²) in [6, 6.07) is 9.43. The summed E-state index contributed by atoms with van der Waals surface area (Å²) < 4.78 is 82.1. The first-order valence-electron chi connectivity index (χ1n) is 28.1. The second-order valence-corrected chi connectivity index (χ2v) is 27.8. The molecular formula is C60H81KN4O9S2. The second kappa shape index (κ2) is 21.5. The minimum Gasteiger partial charge on any atom is -0.744 e. The molecule has 4 aliphatic carbocycles. The van der Waals surface area contributed by atoms with E-state index in [4.69, 9.17) is 4.74 Å². The number of aliphatic hydroxyl groups excluding tert-OH is 1. The van der Waals surface area contributed by atoms with E-state index in [1.54, 1.807) is 17.7 Å². The number of likely N-dealkylation sites (N-methyl/N-ethyl adjacent to an activating group) is 1. The van der Waals surface area contributed by atoms with E-state index in [2.05, 4.69) is 53.5 Å². The molecule has 0 radical (unpaired) electrons. The summed E-state index contributed by atoms with van der Waals surface area (Å²) in [7, 11) is -9.34. The molecule has 7 unspecified atom stereocenters. The van der Waals surface area contributed by atoms with Gasteiger partial charge in [-0.2, -0.15) is 4.58 Å². The monoisotopic (exact) mass is 1100 g/mol. The molecular weight excluding hydrogens is 1020 g/mol. The fourth-order valence-corrected chi connectivity index (χ4v) is 17.3. The number of likely N-dealkylation sites (tertiary alicyclic amines) is 1. The molecule has 4 aliphatic heterocycles. The van der Waals surface area contributed by atoms with Gasteiger partial charge in [-0.1, -0.05) is 57.9 Å². The van der Waals surface area contributed by atoms with E-state index in [0.29, 0.717) is 68.1 Å². The topological polar surface area (TPSA) is 182 Å². The summed E-state index contributed by atoms with van der Waals surface area (Å²) >= 11 is 0. The molecule has 76 heavy (non-hydrogen) atoms. The quantitative estimate of drug-likeness (QED) is 0.0690. The Labute approximate surface area is 496 Å². The van der Waals surface area contributed by atoms with Crippen molar-refractivity contribution < 1.29 is 96.5 Å². The summed E-state index contributed by atoms with van der Waals surface area (Å²) in [4.78, 5) is 17.6. The van der Waals surface area contributed by atoms with Crippen molar-refractivity contribution in [1.29, 1.82) is 0 Å². The number of amides is 1. The third kappa shape index (κ3) is 10.2. The number of nitrogens with zero attached hydrogens (tertiary/aromatic N) is 3. The molecule has 0 bridgehead atoms. The third-order valence-electron chi connectivity index (χ3n) is 20.2. The van der Waals surface area contributed by atoms with E-state index in [0.717, 1.165) is 98.4 Å². The van der Waals surface area contributed by atoms with E-state index in [-0.39, 0.29) is 90.3 Å². The van der Waals surface area contributed by atoms with Gasteiger partial charge < -0.3 is 29.2 Å². The van der Waals surface area contributed by atoms with Gasteiger partial charge in [-0.15, -0.1) is 0 Å². The van der Waals surface area contributed by atoms with Gasteiger partial charge in [-0.05, 0) is 169 Å². The number of benzene rings is 2. The van der Waals surface area contributed by atoms with Crippen LogP contribution in [0.5, 0.6) is 0 Å². The zero-order valence-electron chi connectivity index (χ0n) is 46.8. The van der Waals surface area contributed by atoms with Crippen LogP contribution in [0.25, 0.3) is 0 Å². The zero-order valence-corrected chi connectivity index (χ0v) is 51.5. The minimum absolute atomic E-state index is 0. The molecule has 4 heterocycles. The molecule has 2 aromatic rings. The maximum Gasteiger partial charge on any atom is 1.00 e. The zero-order chi connectivity index (χ0) is 53.8. The number of nitrogens with one attached hydrogen (secondary N) is 1. The number of anilines is 1. The van der Waals surface area contributed by atoms with Crippen molar-refractivity contribution in [3.05, 3.63) is 94.2 Å². The largest absolute Gasteiger partial charge is 1.00 e. The molecule has 2 N–H and O–H groups in total. The van der Waals surface area contributed by atoms with Crippen molar-refractivity contribution in [2.24, 2.45) is 35.0 Å². The molecule has 10 atom stereocenters.